The van der Waals surface area contributed by atoms with Crippen LogP contribution in [0.15, 0.2) is 30.9 Å². The number of hydrogen-bond acceptors (Lipinski definition) is 8. The van der Waals surface area contributed by atoms with E-state index >= 15 is 0 Å². The molecule has 0 unspecified atom stereocenters. The topological polar surface area (TPSA) is 133 Å². The van der Waals surface area contributed by atoms with Gasteiger partial charge in [0.15, 0.2) is 0 Å². The van der Waals surface area contributed by atoms with Gasteiger partial charge in [-0.2, -0.15) is 10.2 Å². The van der Waals surface area contributed by atoms with Crippen molar-refractivity contribution in [1.29, 1.82) is 0 Å². The fraction of sp³-hybridized carbons (Fsp3) is 0.423. The van der Waals surface area contributed by atoms with Gasteiger partial charge in [-0.3, -0.25) is 24.2 Å². The number of carbonyl (C=O) groups excluding carboxylic acids is 2. The first kappa shape index (κ1) is 24.7. The Hall–Kier alpha value is -3.61. The molecule has 0 aromatic carbocycles. The average Bonchev–Trinajstić information content (AvgIpc) is 3.70. The first-order valence-corrected chi connectivity index (χ1v) is 13.6. The van der Waals surface area contributed by atoms with Crippen LogP contribution in [-0.4, -0.2) is 73.9 Å². The van der Waals surface area contributed by atoms with Gasteiger partial charge in [-0.15, -0.1) is 11.3 Å². The number of piperidine rings is 1. The number of carbonyl (C=O) groups is 2. The minimum absolute atomic E-state index is 0.0423. The number of methoxy groups -OCH3 is 1. The molecule has 12 heteroatoms. The van der Waals surface area contributed by atoms with Gasteiger partial charge in [0.05, 0.1) is 60.1 Å². The lowest BCUT2D eigenvalue weighted by Gasteiger charge is -2.25. The Morgan fingerprint density at radius 2 is 2.11 bits per heavy atom. The SMILES string of the molecule is COCCn1cc(-c2sc3c(C(N)=O)cnn3c2-c2cc(NC(=O)CN3C[C@H]4CC[C@@H]3C4)cnc2C)cn1. The summed E-state index contributed by atoms with van der Waals surface area (Å²) in [4.78, 5) is 33.4. The summed E-state index contributed by atoms with van der Waals surface area (Å²) in [5, 5.41) is 12.0. The number of rotatable bonds is 9. The number of nitrogens with two attached hydrogens (primary N) is 1. The van der Waals surface area contributed by atoms with Crippen LogP contribution in [-0.2, 0) is 16.1 Å². The van der Waals surface area contributed by atoms with Crippen molar-refractivity contribution in [1.82, 2.24) is 29.3 Å². The Kier molecular flexibility index (Phi) is 6.46. The van der Waals surface area contributed by atoms with Gasteiger partial charge in [0, 0.05) is 42.7 Å². The molecule has 1 aliphatic carbocycles. The Labute approximate surface area is 223 Å². The van der Waals surface area contributed by atoms with Crippen LogP contribution in [0.2, 0.25) is 0 Å². The van der Waals surface area contributed by atoms with Crippen molar-refractivity contribution in [3.8, 4) is 21.7 Å². The zero-order chi connectivity index (χ0) is 26.4. The van der Waals surface area contributed by atoms with Gasteiger partial charge in [-0.05, 0) is 38.2 Å². The number of primary amides is 1. The number of amides is 2. The molecular formula is C26H30N8O3S. The fourth-order valence-corrected chi connectivity index (χ4v) is 6.87. The quantitative estimate of drug-likeness (QED) is 0.337. The summed E-state index contributed by atoms with van der Waals surface area (Å²) in [7, 11) is 1.65. The lowest BCUT2D eigenvalue weighted by molar-refractivity contribution is -0.117. The number of anilines is 1. The molecule has 2 aliphatic rings. The largest absolute Gasteiger partial charge is 0.383 e. The van der Waals surface area contributed by atoms with E-state index in [1.54, 1.807) is 24.0 Å². The molecule has 2 fully saturated rings. The third-order valence-electron chi connectivity index (χ3n) is 7.53. The predicted octanol–water partition coefficient (Wildman–Crippen LogP) is 2.80. The maximum absolute atomic E-state index is 12.9. The van der Waals surface area contributed by atoms with E-state index in [-0.39, 0.29) is 5.91 Å². The van der Waals surface area contributed by atoms with Gasteiger partial charge in [-0.1, -0.05) is 0 Å². The smallest absolute Gasteiger partial charge is 0.253 e. The molecule has 0 spiro atoms. The molecule has 4 aromatic heterocycles. The lowest BCUT2D eigenvalue weighted by atomic mass is 10.1. The zero-order valence-electron chi connectivity index (χ0n) is 21.4. The average molecular weight is 535 g/mol. The number of thiazole rings is 1. The molecular weight excluding hydrogens is 504 g/mol. The highest BCUT2D eigenvalue weighted by Gasteiger charge is 2.38. The second-order valence-corrected chi connectivity index (χ2v) is 11.1. The van der Waals surface area contributed by atoms with Crippen molar-refractivity contribution in [3.63, 3.8) is 0 Å². The molecule has 1 saturated heterocycles. The summed E-state index contributed by atoms with van der Waals surface area (Å²) in [6.45, 7) is 4.46. The normalized spacial score (nSPS) is 19.0. The highest BCUT2D eigenvalue weighted by atomic mass is 32.1. The van der Waals surface area contributed by atoms with E-state index in [0.29, 0.717) is 41.8 Å². The maximum atomic E-state index is 12.9. The number of hydrogen-bond donors (Lipinski definition) is 2. The van der Waals surface area contributed by atoms with Crippen LogP contribution in [0.5, 0.6) is 0 Å². The molecule has 198 valence electrons. The van der Waals surface area contributed by atoms with Crippen LogP contribution in [0.1, 0.15) is 35.3 Å². The Bertz CT molecular complexity index is 1520. The summed E-state index contributed by atoms with van der Waals surface area (Å²) >= 11 is 1.42. The highest BCUT2D eigenvalue weighted by Crippen LogP contribution is 2.42. The van der Waals surface area contributed by atoms with E-state index in [0.717, 1.165) is 39.9 Å². The Morgan fingerprint density at radius 1 is 1.24 bits per heavy atom. The number of likely N-dealkylation sites (tertiary alicyclic amines) is 1. The van der Waals surface area contributed by atoms with Crippen LogP contribution >= 0.6 is 11.3 Å². The second-order valence-electron chi connectivity index (χ2n) is 10.1. The summed E-state index contributed by atoms with van der Waals surface area (Å²) in [6.07, 6.45) is 10.6. The van der Waals surface area contributed by atoms with E-state index < -0.39 is 5.91 Å². The van der Waals surface area contributed by atoms with E-state index in [2.05, 4.69) is 25.4 Å². The van der Waals surface area contributed by atoms with Crippen molar-refractivity contribution in [2.75, 3.05) is 32.1 Å². The number of nitrogens with one attached hydrogen (secondary N) is 1. The molecule has 2 bridgehead atoms. The Balaban J connectivity index is 1.36. The molecule has 6 rings (SSSR count). The molecule has 0 radical (unpaired) electrons. The van der Waals surface area contributed by atoms with Gasteiger partial charge >= 0.3 is 0 Å². The van der Waals surface area contributed by atoms with Crippen molar-refractivity contribution in [2.45, 2.75) is 38.8 Å². The second kappa shape index (κ2) is 9.93. The summed E-state index contributed by atoms with van der Waals surface area (Å²) in [5.41, 5.74) is 9.81. The number of nitrogens with zero attached hydrogens (tertiary/aromatic N) is 6. The zero-order valence-corrected chi connectivity index (χ0v) is 22.2. The number of pyridine rings is 1. The molecule has 11 nitrogen and oxygen atoms in total. The number of aryl methyl sites for hydroxylation is 1. The molecule has 2 atom stereocenters. The van der Waals surface area contributed by atoms with Crippen molar-refractivity contribution in [3.05, 3.63) is 42.1 Å². The summed E-state index contributed by atoms with van der Waals surface area (Å²) in [6, 6.07) is 2.45. The molecule has 1 aliphatic heterocycles. The maximum Gasteiger partial charge on any atom is 0.253 e. The first-order valence-electron chi connectivity index (χ1n) is 12.7. The van der Waals surface area contributed by atoms with E-state index in [9.17, 15) is 9.59 Å². The van der Waals surface area contributed by atoms with Gasteiger partial charge in [0.25, 0.3) is 5.91 Å². The monoisotopic (exact) mass is 534 g/mol. The van der Waals surface area contributed by atoms with Crippen molar-refractivity contribution >= 4 is 33.7 Å². The van der Waals surface area contributed by atoms with E-state index in [1.165, 1.54) is 36.8 Å². The van der Waals surface area contributed by atoms with Crippen LogP contribution in [0.3, 0.4) is 0 Å². The third kappa shape index (κ3) is 4.48. The first-order chi connectivity index (χ1) is 18.4. The van der Waals surface area contributed by atoms with Crippen LogP contribution in [0.4, 0.5) is 5.69 Å². The molecule has 3 N–H and O–H groups in total. The standard InChI is InChI=1S/C26H30N8O3S/c1-15-20(8-18(10-28-15)31-22(35)14-32-12-16-3-4-19(32)7-16)23-24(17-9-29-33(13-17)5-6-37-2)38-26-21(25(27)36)11-30-34(23)26/h8-11,13,16,19H,3-7,12,14H2,1-2H3,(H2,27,36)(H,31,35)/t16-,19+/m0/s1. The molecule has 2 amide bonds. The molecule has 4 aromatic rings. The highest BCUT2D eigenvalue weighted by molar-refractivity contribution is 7.21. The molecule has 5 heterocycles. The van der Waals surface area contributed by atoms with Crippen molar-refractivity contribution < 1.29 is 14.3 Å². The number of ether oxygens (including phenoxy) is 1. The van der Waals surface area contributed by atoms with Gasteiger partial charge in [0.1, 0.15) is 4.83 Å². The van der Waals surface area contributed by atoms with Crippen molar-refractivity contribution in [2.24, 2.45) is 11.7 Å². The number of aromatic nitrogens is 5. The summed E-state index contributed by atoms with van der Waals surface area (Å²) in [5.74, 6) is 0.152. The molecule has 1 saturated carbocycles. The van der Waals surface area contributed by atoms with E-state index in [4.69, 9.17) is 10.5 Å². The molecule has 38 heavy (non-hydrogen) atoms. The fourth-order valence-electron chi connectivity index (χ4n) is 5.67. The minimum atomic E-state index is -0.540. The number of fused-ring (bicyclic) bond motifs is 3. The lowest BCUT2D eigenvalue weighted by Crippen LogP contribution is -2.38. The van der Waals surface area contributed by atoms with E-state index in [1.807, 2.05) is 23.9 Å². The van der Waals surface area contributed by atoms with Gasteiger partial charge in [-0.25, -0.2) is 4.52 Å². The summed E-state index contributed by atoms with van der Waals surface area (Å²) < 4.78 is 8.72. The van der Waals surface area contributed by atoms with Gasteiger partial charge < -0.3 is 15.8 Å². The van der Waals surface area contributed by atoms with Crippen LogP contribution in [0, 0.1) is 12.8 Å². The third-order valence-corrected chi connectivity index (χ3v) is 8.75. The minimum Gasteiger partial charge on any atom is -0.383 e. The Morgan fingerprint density at radius 3 is 2.84 bits per heavy atom. The van der Waals surface area contributed by atoms with Crippen LogP contribution < -0.4 is 11.1 Å². The van der Waals surface area contributed by atoms with Crippen LogP contribution in [0.25, 0.3) is 26.5 Å². The van der Waals surface area contributed by atoms with Gasteiger partial charge in [0.2, 0.25) is 5.91 Å². The predicted molar refractivity (Wildman–Crippen MR) is 144 cm³/mol.